The monoisotopic (exact) mass is 315 g/mol. The van der Waals surface area contributed by atoms with Gasteiger partial charge in [0.1, 0.15) is 5.75 Å². The minimum absolute atomic E-state index is 0.0580. The fraction of sp³-hybridized carbons (Fsp3) is 0.462. The lowest BCUT2D eigenvalue weighted by atomic mass is 10.1. The summed E-state index contributed by atoms with van der Waals surface area (Å²) in [6, 6.07) is 4.71. The van der Waals surface area contributed by atoms with Gasteiger partial charge in [-0.15, -0.1) is 0 Å². The lowest BCUT2D eigenvalue weighted by molar-refractivity contribution is 0.0313. The van der Waals surface area contributed by atoms with Crippen molar-refractivity contribution in [3.05, 3.63) is 28.2 Å². The first-order valence-electron chi connectivity index (χ1n) is 5.75. The van der Waals surface area contributed by atoms with Crippen molar-refractivity contribution in [2.24, 2.45) is 0 Å². The topological polar surface area (TPSA) is 60.8 Å². The number of aliphatic hydroxyl groups is 1. The number of nitrogens with zero attached hydrogens (tertiary/aromatic N) is 1. The second-order valence-electron chi connectivity index (χ2n) is 4.79. The average molecular weight is 316 g/mol. The average Bonchev–Trinajstić information content (AvgIpc) is 2.27. The minimum Gasteiger partial charge on any atom is -0.507 e. The molecular formula is C13H18BrNO3. The van der Waals surface area contributed by atoms with Gasteiger partial charge in [-0.05, 0) is 39.0 Å². The first-order valence-corrected chi connectivity index (χ1v) is 6.54. The second-order valence-corrected chi connectivity index (χ2v) is 5.71. The van der Waals surface area contributed by atoms with Gasteiger partial charge in [-0.25, -0.2) is 0 Å². The predicted octanol–water partition coefficient (Wildman–Crippen LogP) is 2.39. The highest BCUT2D eigenvalue weighted by Crippen LogP contribution is 2.23. The molecule has 0 heterocycles. The van der Waals surface area contributed by atoms with Crippen LogP contribution in [0.5, 0.6) is 5.75 Å². The molecule has 0 unspecified atom stereocenters. The van der Waals surface area contributed by atoms with Gasteiger partial charge in [0.2, 0.25) is 0 Å². The molecule has 0 spiro atoms. The van der Waals surface area contributed by atoms with Crippen molar-refractivity contribution in [2.75, 3.05) is 13.1 Å². The van der Waals surface area contributed by atoms with Gasteiger partial charge in [-0.2, -0.15) is 0 Å². The molecule has 100 valence electrons. The summed E-state index contributed by atoms with van der Waals surface area (Å²) in [5, 5.41) is 19.5. The van der Waals surface area contributed by atoms with E-state index in [9.17, 15) is 15.0 Å². The summed E-state index contributed by atoms with van der Waals surface area (Å²) in [5.41, 5.74) is -0.733. The van der Waals surface area contributed by atoms with Crippen molar-refractivity contribution in [3.63, 3.8) is 0 Å². The Bertz CT molecular complexity index is 440. The van der Waals surface area contributed by atoms with Crippen LogP contribution in [0.2, 0.25) is 0 Å². The number of phenols is 1. The molecular weight excluding hydrogens is 298 g/mol. The molecule has 0 saturated heterocycles. The number of hydrogen-bond acceptors (Lipinski definition) is 3. The molecule has 1 aromatic rings. The van der Waals surface area contributed by atoms with Crippen LogP contribution in [-0.4, -0.2) is 39.7 Å². The highest BCUT2D eigenvalue weighted by molar-refractivity contribution is 9.10. The molecule has 0 fully saturated rings. The van der Waals surface area contributed by atoms with E-state index in [1.54, 1.807) is 26.0 Å². The number of likely N-dealkylation sites (N-methyl/N-ethyl adjacent to an activating group) is 1. The van der Waals surface area contributed by atoms with Crippen molar-refractivity contribution < 1.29 is 15.0 Å². The Kier molecular flexibility index (Phi) is 4.76. The summed E-state index contributed by atoms with van der Waals surface area (Å²) in [6.45, 7) is 5.80. The maximum atomic E-state index is 12.3. The van der Waals surface area contributed by atoms with E-state index in [0.29, 0.717) is 6.54 Å². The van der Waals surface area contributed by atoms with Crippen LogP contribution in [0.25, 0.3) is 0 Å². The van der Waals surface area contributed by atoms with Crippen molar-refractivity contribution in [2.45, 2.75) is 26.4 Å². The number of carbonyl (C=O) groups is 1. The number of aromatic hydroxyl groups is 1. The van der Waals surface area contributed by atoms with Crippen LogP contribution in [-0.2, 0) is 0 Å². The minimum atomic E-state index is -0.965. The van der Waals surface area contributed by atoms with E-state index in [4.69, 9.17) is 0 Å². The molecule has 0 saturated carbocycles. The van der Waals surface area contributed by atoms with Crippen molar-refractivity contribution in [1.29, 1.82) is 0 Å². The molecule has 2 N–H and O–H groups in total. The number of halogens is 1. The largest absolute Gasteiger partial charge is 0.507 e. The van der Waals surface area contributed by atoms with Gasteiger partial charge < -0.3 is 15.1 Å². The third-order valence-electron chi connectivity index (χ3n) is 2.44. The molecule has 0 aliphatic carbocycles. The second kappa shape index (κ2) is 5.71. The molecule has 4 nitrogen and oxygen atoms in total. The molecule has 1 rings (SSSR count). The van der Waals surface area contributed by atoms with Crippen LogP contribution in [0, 0.1) is 0 Å². The zero-order valence-electron chi connectivity index (χ0n) is 10.8. The summed E-state index contributed by atoms with van der Waals surface area (Å²) in [6.07, 6.45) is 0. The highest BCUT2D eigenvalue weighted by Gasteiger charge is 2.24. The van der Waals surface area contributed by atoms with Gasteiger partial charge in [-0.3, -0.25) is 4.79 Å². The maximum Gasteiger partial charge on any atom is 0.257 e. The molecule has 0 aliphatic rings. The smallest absolute Gasteiger partial charge is 0.257 e. The van der Waals surface area contributed by atoms with Crippen molar-refractivity contribution in [1.82, 2.24) is 4.90 Å². The third kappa shape index (κ3) is 3.99. The summed E-state index contributed by atoms with van der Waals surface area (Å²) in [5.74, 6) is -0.351. The van der Waals surface area contributed by atoms with Crippen LogP contribution in [0.3, 0.4) is 0 Å². The van der Waals surface area contributed by atoms with E-state index in [0.717, 1.165) is 4.47 Å². The zero-order valence-corrected chi connectivity index (χ0v) is 12.4. The van der Waals surface area contributed by atoms with Crippen LogP contribution in [0.4, 0.5) is 0 Å². The molecule has 0 aromatic heterocycles. The van der Waals surface area contributed by atoms with E-state index in [1.165, 1.54) is 11.0 Å². The molecule has 0 radical (unpaired) electrons. The van der Waals surface area contributed by atoms with E-state index in [1.807, 2.05) is 6.92 Å². The highest BCUT2D eigenvalue weighted by atomic mass is 79.9. The molecule has 18 heavy (non-hydrogen) atoms. The summed E-state index contributed by atoms with van der Waals surface area (Å²) < 4.78 is 0.725. The van der Waals surface area contributed by atoms with Crippen molar-refractivity contribution in [3.8, 4) is 5.75 Å². The van der Waals surface area contributed by atoms with Crippen LogP contribution in [0.15, 0.2) is 22.7 Å². The first-order chi connectivity index (χ1) is 8.24. The van der Waals surface area contributed by atoms with E-state index in [2.05, 4.69) is 15.9 Å². The Morgan fingerprint density at radius 1 is 1.44 bits per heavy atom. The molecule has 1 amide bonds. The van der Waals surface area contributed by atoms with Gasteiger partial charge in [0.15, 0.2) is 0 Å². The Morgan fingerprint density at radius 3 is 2.56 bits per heavy atom. The fourth-order valence-electron chi connectivity index (χ4n) is 1.64. The summed E-state index contributed by atoms with van der Waals surface area (Å²) >= 11 is 3.27. The number of hydrogen-bond donors (Lipinski definition) is 2. The summed E-state index contributed by atoms with van der Waals surface area (Å²) in [4.78, 5) is 13.8. The van der Waals surface area contributed by atoms with Crippen LogP contribution >= 0.6 is 15.9 Å². The fourth-order valence-corrected chi connectivity index (χ4v) is 2.01. The predicted molar refractivity (Wildman–Crippen MR) is 73.7 cm³/mol. The van der Waals surface area contributed by atoms with Gasteiger partial charge in [0.05, 0.1) is 11.2 Å². The van der Waals surface area contributed by atoms with Gasteiger partial charge in [0, 0.05) is 17.6 Å². The van der Waals surface area contributed by atoms with Crippen molar-refractivity contribution >= 4 is 21.8 Å². The number of rotatable bonds is 4. The normalized spacial score (nSPS) is 11.4. The molecule has 1 aromatic carbocycles. The maximum absolute atomic E-state index is 12.3. The SMILES string of the molecule is CCN(CC(C)(C)O)C(=O)c1cc(Br)ccc1O. The number of phenolic OH excluding ortho intramolecular Hbond substituents is 1. The lowest BCUT2D eigenvalue weighted by Crippen LogP contribution is -2.42. The quantitative estimate of drug-likeness (QED) is 0.896. The van der Waals surface area contributed by atoms with Gasteiger partial charge in [0.25, 0.3) is 5.91 Å². The Balaban J connectivity index is 3.00. The van der Waals surface area contributed by atoms with Crippen LogP contribution < -0.4 is 0 Å². The first kappa shape index (κ1) is 15.0. The Morgan fingerprint density at radius 2 is 2.06 bits per heavy atom. The zero-order chi connectivity index (χ0) is 13.9. The molecule has 0 aliphatic heterocycles. The molecule has 0 atom stereocenters. The standard InChI is InChI=1S/C13H18BrNO3/c1-4-15(8-13(2,3)18)12(17)10-7-9(14)5-6-11(10)16/h5-7,16,18H,4,8H2,1-3H3. The summed E-state index contributed by atoms with van der Waals surface area (Å²) in [7, 11) is 0. The molecule has 5 heteroatoms. The van der Waals surface area contributed by atoms with Crippen LogP contribution in [0.1, 0.15) is 31.1 Å². The van der Waals surface area contributed by atoms with E-state index >= 15 is 0 Å². The van der Waals surface area contributed by atoms with E-state index < -0.39 is 5.60 Å². The lowest BCUT2D eigenvalue weighted by Gasteiger charge is -2.28. The number of amides is 1. The number of carbonyl (C=O) groups excluding carboxylic acids is 1. The molecule has 0 bridgehead atoms. The Hall–Kier alpha value is -1.07. The number of benzene rings is 1. The third-order valence-corrected chi connectivity index (χ3v) is 2.93. The Labute approximate surface area is 115 Å². The van der Waals surface area contributed by atoms with Gasteiger partial charge in [-0.1, -0.05) is 15.9 Å². The van der Waals surface area contributed by atoms with E-state index in [-0.39, 0.29) is 23.8 Å². The van der Waals surface area contributed by atoms with Gasteiger partial charge >= 0.3 is 0 Å².